The van der Waals surface area contributed by atoms with E-state index < -0.39 is 28.9 Å². The van der Waals surface area contributed by atoms with E-state index in [0.717, 1.165) is 12.1 Å². The van der Waals surface area contributed by atoms with Crippen molar-refractivity contribution in [2.24, 2.45) is 0 Å². The first-order valence-corrected chi connectivity index (χ1v) is 6.78. The Hall–Kier alpha value is -2.08. The van der Waals surface area contributed by atoms with Crippen molar-refractivity contribution in [3.05, 3.63) is 53.6 Å². The SMILES string of the molecule is CSc1ccccc1Oc1c(F)cc(C(=O)O)cc1F. The highest BCUT2D eigenvalue weighted by atomic mass is 32.2. The van der Waals surface area contributed by atoms with Crippen LogP contribution in [0.3, 0.4) is 0 Å². The molecule has 0 aliphatic heterocycles. The Kier molecular flexibility index (Phi) is 4.24. The summed E-state index contributed by atoms with van der Waals surface area (Å²) in [5, 5.41) is 8.72. The van der Waals surface area contributed by atoms with Gasteiger partial charge in [-0.3, -0.25) is 0 Å². The molecule has 1 N–H and O–H groups in total. The first kappa shape index (κ1) is 14.3. The Balaban J connectivity index is 2.41. The van der Waals surface area contributed by atoms with Crippen LogP contribution in [0, 0.1) is 11.6 Å². The van der Waals surface area contributed by atoms with E-state index in [4.69, 9.17) is 9.84 Å². The smallest absolute Gasteiger partial charge is 0.335 e. The van der Waals surface area contributed by atoms with Gasteiger partial charge in [-0.15, -0.1) is 11.8 Å². The lowest BCUT2D eigenvalue weighted by Gasteiger charge is -2.11. The number of rotatable bonds is 4. The van der Waals surface area contributed by atoms with Crippen molar-refractivity contribution < 1.29 is 23.4 Å². The van der Waals surface area contributed by atoms with Gasteiger partial charge in [0.1, 0.15) is 5.75 Å². The van der Waals surface area contributed by atoms with Gasteiger partial charge in [-0.1, -0.05) is 12.1 Å². The Morgan fingerprint density at radius 3 is 2.35 bits per heavy atom. The molecule has 2 aromatic carbocycles. The number of hydrogen-bond donors (Lipinski definition) is 1. The number of aromatic carboxylic acids is 1. The van der Waals surface area contributed by atoms with E-state index in [1.54, 1.807) is 24.3 Å². The van der Waals surface area contributed by atoms with Crippen LogP contribution in [0.4, 0.5) is 8.78 Å². The molecule has 0 aromatic heterocycles. The van der Waals surface area contributed by atoms with E-state index in [1.165, 1.54) is 11.8 Å². The second-order valence-electron chi connectivity index (χ2n) is 3.83. The zero-order valence-corrected chi connectivity index (χ0v) is 11.2. The highest BCUT2D eigenvalue weighted by molar-refractivity contribution is 7.98. The fourth-order valence-corrected chi connectivity index (χ4v) is 2.12. The maximum atomic E-state index is 13.8. The van der Waals surface area contributed by atoms with Crippen LogP contribution in [0.2, 0.25) is 0 Å². The van der Waals surface area contributed by atoms with Gasteiger partial charge >= 0.3 is 5.97 Å². The van der Waals surface area contributed by atoms with Crippen LogP contribution in [0.15, 0.2) is 41.3 Å². The third-order valence-electron chi connectivity index (χ3n) is 2.53. The molecule has 0 atom stereocenters. The minimum atomic E-state index is -1.40. The van der Waals surface area contributed by atoms with E-state index in [0.29, 0.717) is 10.6 Å². The number of benzene rings is 2. The molecule has 20 heavy (non-hydrogen) atoms. The Morgan fingerprint density at radius 2 is 1.80 bits per heavy atom. The van der Waals surface area contributed by atoms with Gasteiger partial charge < -0.3 is 9.84 Å². The topological polar surface area (TPSA) is 46.5 Å². The summed E-state index contributed by atoms with van der Waals surface area (Å²) in [5.74, 6) is -3.83. The zero-order valence-electron chi connectivity index (χ0n) is 10.4. The van der Waals surface area contributed by atoms with Crippen molar-refractivity contribution in [2.75, 3.05) is 6.26 Å². The lowest BCUT2D eigenvalue weighted by atomic mass is 10.2. The fraction of sp³-hybridized carbons (Fsp3) is 0.0714. The van der Waals surface area contributed by atoms with Gasteiger partial charge in [0.2, 0.25) is 0 Å². The van der Waals surface area contributed by atoms with E-state index in [1.807, 2.05) is 6.26 Å². The highest BCUT2D eigenvalue weighted by Crippen LogP contribution is 2.34. The van der Waals surface area contributed by atoms with Crippen LogP contribution >= 0.6 is 11.8 Å². The molecule has 0 saturated heterocycles. The van der Waals surface area contributed by atoms with E-state index in [-0.39, 0.29) is 0 Å². The standard InChI is InChI=1S/C14H10F2O3S/c1-20-12-5-3-2-4-11(12)19-13-9(15)6-8(14(17)18)7-10(13)16/h2-7H,1H3,(H,17,18). The Bertz CT molecular complexity index is 636. The largest absolute Gasteiger partial charge is 0.478 e. The van der Waals surface area contributed by atoms with Crippen molar-refractivity contribution >= 4 is 17.7 Å². The first-order valence-electron chi connectivity index (χ1n) is 5.56. The molecule has 0 fully saturated rings. The predicted molar refractivity (Wildman–Crippen MR) is 71.6 cm³/mol. The third-order valence-corrected chi connectivity index (χ3v) is 3.30. The van der Waals surface area contributed by atoms with E-state index in [9.17, 15) is 13.6 Å². The fourth-order valence-electron chi connectivity index (χ4n) is 1.59. The molecular weight excluding hydrogens is 286 g/mol. The van der Waals surface area contributed by atoms with Gasteiger partial charge in [0.15, 0.2) is 17.4 Å². The minimum absolute atomic E-state index is 0.306. The molecule has 104 valence electrons. The first-order chi connectivity index (χ1) is 9.52. The van der Waals surface area contributed by atoms with Crippen molar-refractivity contribution in [2.45, 2.75) is 4.90 Å². The predicted octanol–water partition coefficient (Wildman–Crippen LogP) is 4.18. The number of ether oxygens (including phenoxy) is 1. The lowest BCUT2D eigenvalue weighted by molar-refractivity contribution is 0.0695. The number of hydrogen-bond acceptors (Lipinski definition) is 3. The monoisotopic (exact) mass is 296 g/mol. The molecule has 2 rings (SSSR count). The average Bonchev–Trinajstić information content (AvgIpc) is 2.42. The maximum absolute atomic E-state index is 13.8. The molecule has 3 nitrogen and oxygen atoms in total. The van der Waals surface area contributed by atoms with Crippen molar-refractivity contribution in [3.63, 3.8) is 0 Å². The number of carboxylic acids is 1. The summed E-state index contributed by atoms with van der Waals surface area (Å²) in [6, 6.07) is 8.23. The quantitative estimate of drug-likeness (QED) is 0.860. The third kappa shape index (κ3) is 2.91. The summed E-state index contributed by atoms with van der Waals surface area (Å²) in [6.45, 7) is 0. The summed E-state index contributed by atoms with van der Waals surface area (Å²) in [7, 11) is 0. The molecule has 0 spiro atoms. The van der Waals surface area contributed by atoms with E-state index in [2.05, 4.69) is 0 Å². The molecule has 0 aliphatic carbocycles. The molecule has 0 radical (unpaired) electrons. The highest BCUT2D eigenvalue weighted by Gasteiger charge is 2.17. The van der Waals surface area contributed by atoms with Gasteiger partial charge in [0.05, 0.1) is 5.56 Å². The minimum Gasteiger partial charge on any atom is -0.478 e. The van der Waals surface area contributed by atoms with Crippen molar-refractivity contribution in [1.82, 2.24) is 0 Å². The molecule has 6 heteroatoms. The van der Waals surface area contributed by atoms with E-state index >= 15 is 0 Å². The molecule has 0 aliphatic rings. The summed E-state index contributed by atoms with van der Waals surface area (Å²) >= 11 is 1.37. The van der Waals surface area contributed by atoms with Gasteiger partial charge in [-0.2, -0.15) is 0 Å². The van der Waals surface area contributed by atoms with Gasteiger partial charge in [0.25, 0.3) is 0 Å². The number of carboxylic acid groups (broad SMARTS) is 1. The van der Waals surface area contributed by atoms with Gasteiger partial charge in [0, 0.05) is 4.90 Å². The summed E-state index contributed by atoms with van der Waals surface area (Å²) in [6.07, 6.45) is 1.81. The molecule has 0 heterocycles. The molecular formula is C14H10F2O3S. The number of para-hydroxylation sites is 1. The molecule has 0 bridgehead atoms. The van der Waals surface area contributed by atoms with Gasteiger partial charge in [-0.25, -0.2) is 13.6 Å². The zero-order chi connectivity index (χ0) is 14.7. The normalized spacial score (nSPS) is 10.3. The van der Waals surface area contributed by atoms with Gasteiger partial charge in [-0.05, 0) is 30.5 Å². The average molecular weight is 296 g/mol. The summed E-state index contributed by atoms with van der Waals surface area (Å²) in [5.41, 5.74) is -0.467. The molecule has 0 unspecified atom stereocenters. The van der Waals surface area contributed by atoms with Crippen LogP contribution in [-0.4, -0.2) is 17.3 Å². The number of halogens is 2. The van der Waals surface area contributed by atoms with Crippen LogP contribution < -0.4 is 4.74 Å². The molecule has 2 aromatic rings. The van der Waals surface area contributed by atoms with Crippen molar-refractivity contribution in [3.8, 4) is 11.5 Å². The van der Waals surface area contributed by atoms with Crippen LogP contribution in [0.5, 0.6) is 11.5 Å². The lowest BCUT2D eigenvalue weighted by Crippen LogP contribution is -2.01. The van der Waals surface area contributed by atoms with Crippen LogP contribution in [0.25, 0.3) is 0 Å². The maximum Gasteiger partial charge on any atom is 0.335 e. The summed E-state index contributed by atoms with van der Waals surface area (Å²) in [4.78, 5) is 11.4. The van der Waals surface area contributed by atoms with Crippen molar-refractivity contribution in [1.29, 1.82) is 0 Å². The Morgan fingerprint density at radius 1 is 1.20 bits per heavy atom. The Labute approximate surface area is 118 Å². The van der Waals surface area contributed by atoms with Crippen LogP contribution in [0.1, 0.15) is 10.4 Å². The number of thioether (sulfide) groups is 1. The molecule has 0 amide bonds. The second kappa shape index (κ2) is 5.92. The summed E-state index contributed by atoms with van der Waals surface area (Å²) < 4.78 is 32.7. The second-order valence-corrected chi connectivity index (χ2v) is 4.68. The number of carbonyl (C=O) groups is 1. The molecule has 0 saturated carbocycles. The van der Waals surface area contributed by atoms with Crippen LogP contribution in [-0.2, 0) is 0 Å².